The summed E-state index contributed by atoms with van der Waals surface area (Å²) in [6.07, 6.45) is 42.1. The van der Waals surface area contributed by atoms with Gasteiger partial charge in [0.15, 0.2) is 12.1 Å². The summed E-state index contributed by atoms with van der Waals surface area (Å²) < 4.78 is 136. The number of hydrogen-bond donors (Lipinski definition) is 6. The van der Waals surface area contributed by atoms with E-state index in [2.05, 4.69) is 38.4 Å². The molecule has 5 aliphatic rings. The molecule has 25 nitrogen and oxygen atoms in total. The second kappa shape index (κ2) is 55.9. The van der Waals surface area contributed by atoms with Crippen molar-refractivity contribution in [2.45, 2.75) is 221 Å². The van der Waals surface area contributed by atoms with Gasteiger partial charge in [0.25, 0.3) is 17.7 Å². The van der Waals surface area contributed by atoms with E-state index < -0.39 is 125 Å². The number of terminal acetylenes is 6. The van der Waals surface area contributed by atoms with Gasteiger partial charge in [-0.3, -0.25) is 77.1 Å². The number of nitrogens with zero attached hydrogens (tertiary/aromatic N) is 6. The number of thiophene rings is 2. The first kappa shape index (κ1) is 115. The Morgan fingerprint density at radius 3 is 1.12 bits per heavy atom. The lowest BCUT2D eigenvalue weighted by molar-refractivity contribution is -0.138. The van der Waals surface area contributed by atoms with Gasteiger partial charge in [-0.15, -0.1) is 61.2 Å². The van der Waals surface area contributed by atoms with Crippen molar-refractivity contribution in [1.82, 2.24) is 36.4 Å². The zero-order valence-corrected chi connectivity index (χ0v) is 81.6. The van der Waals surface area contributed by atoms with Gasteiger partial charge in [-0.05, 0) is 225 Å². The molecule has 5 aromatic carbocycles. The van der Waals surface area contributed by atoms with Crippen LogP contribution in [0.5, 0.6) is 0 Å². The number of anilines is 4. The summed E-state index contributed by atoms with van der Waals surface area (Å²) in [7, 11) is 3.11. The summed E-state index contributed by atoms with van der Waals surface area (Å²) in [5.74, 6) is 4.43. The first-order valence-electron chi connectivity index (χ1n) is 45.8. The lowest BCUT2D eigenvalue weighted by Crippen LogP contribution is -2.46. The van der Waals surface area contributed by atoms with Gasteiger partial charge in [-0.25, -0.2) is 4.39 Å². The number of halogens is 12. The Kier molecular flexibility index (Phi) is 44.6. The minimum atomic E-state index is -4.65. The molecule has 7 N–H and O–H groups in total. The van der Waals surface area contributed by atoms with Gasteiger partial charge in [-0.1, -0.05) is 149 Å². The number of carbonyl (C=O) groups is 12. The number of furan rings is 1. The quantitative estimate of drug-likeness (QED) is 0.0229. The predicted molar refractivity (Wildman–Crippen MR) is 529 cm³/mol. The third kappa shape index (κ3) is 34.5. The van der Waals surface area contributed by atoms with Crippen molar-refractivity contribution in [3.8, 4) is 74.1 Å². The molecule has 0 spiro atoms. The number of amides is 12. The van der Waals surface area contributed by atoms with Gasteiger partial charge in [-0.2, -0.15) is 39.5 Å². The van der Waals surface area contributed by atoms with Crippen molar-refractivity contribution in [2.24, 2.45) is 5.73 Å². The van der Waals surface area contributed by atoms with Crippen LogP contribution in [0.3, 0.4) is 0 Å². The third-order valence-electron chi connectivity index (χ3n) is 23.7. The molecule has 4 unspecified atom stereocenters. The number of carbonyl (C=O) groups excluding carboxylic acids is 12. The molecule has 13 rings (SSSR count). The molecular formula is C105H106Cl2F10N12O13S2. The lowest BCUT2D eigenvalue weighted by Gasteiger charge is -2.31. The highest BCUT2D eigenvalue weighted by molar-refractivity contribution is 7.10. The largest absolute Gasteiger partial charge is 0.467 e. The Morgan fingerprint density at radius 2 is 0.743 bits per heavy atom. The molecule has 0 saturated heterocycles. The third-order valence-corrected chi connectivity index (χ3v) is 26.2. The number of primary amides is 1. The highest BCUT2D eigenvalue weighted by atomic mass is 35.5. The van der Waals surface area contributed by atoms with Gasteiger partial charge in [0.1, 0.15) is 36.8 Å². The molecule has 5 fully saturated rings. The Labute approximate surface area is 846 Å². The van der Waals surface area contributed by atoms with Crippen LogP contribution in [0.4, 0.5) is 66.7 Å². The number of hydrogen-bond acceptors (Lipinski definition) is 15. The zero-order valence-electron chi connectivity index (χ0n) is 78.4. The molecule has 0 bridgehead atoms. The van der Waals surface area contributed by atoms with Crippen LogP contribution in [0.15, 0.2) is 173 Å². The van der Waals surface area contributed by atoms with Crippen LogP contribution in [0, 0.1) is 79.9 Å². The number of likely N-dealkylation sites (N-methyl/N-ethyl adjacent to an activating group) is 2. The fourth-order valence-electron chi connectivity index (χ4n) is 16.6. The summed E-state index contributed by atoms with van der Waals surface area (Å²) in [4.78, 5) is 154. The molecule has 5 aliphatic carbocycles. The average Bonchev–Trinajstić information content (AvgIpc) is 1.46. The molecule has 5 saturated carbocycles. The van der Waals surface area contributed by atoms with Crippen molar-refractivity contribution in [3.63, 3.8) is 0 Å². The molecule has 760 valence electrons. The van der Waals surface area contributed by atoms with E-state index in [0.29, 0.717) is 21.3 Å². The van der Waals surface area contributed by atoms with E-state index in [9.17, 15) is 101 Å². The standard InChI is InChI=1S/C23H20F4N2O2.C20H18Cl2N2O3.C18H19F3N2O2.C16H11F3N2O2S.C16H20N2O2S.C12H18N2O2/c1-2-20(30)29(19-9-5-6-16(14-19)23(25,26)27)21(15-10-12-17(24)13-11-15)22(31)28-18-7-3-4-8-18;1-2-18(25)24(14-9-10-15(21)16(22)12-14)19(17-8-5-11-27-17)20(26)23-13-6-3-4-7-13;1-2-17(25)23(12-16(24)22-14-8-4-3-5-9-14)15-10-6-7-13(11-15)18(19,20)21;1-2-13(22)21(14(15(20)23)12-7-4-8-24-12)11-6-3-5-10(9-11)16(17,18)19;1-3-14(19)18(2)15(13-10-7-11-21-13)16(20)17-12-8-5-4-6-9-12;1-3-12(16)14(2)9-11(15)13-10-7-5-4-6-8-10/h1,5-6,9-14,18,21H,3-4,7-8H2,(H,28,31);1,5,8-13,19H,3-4,6-7H2,(H,23,26);1,6-7,10-11,14H,3-5,8-9,12H2,(H,22,24);1,3-9,14H,(H2,20,23);1,7,10-12,15H,4-6,8-9H2,2H3,(H,17,20);1,10H,4-9H2,2H3,(H,13,15). The maximum Gasteiger partial charge on any atom is 0.416 e. The van der Waals surface area contributed by atoms with Gasteiger partial charge >= 0.3 is 42.2 Å². The van der Waals surface area contributed by atoms with Gasteiger partial charge in [0.05, 0.1) is 33.0 Å². The maximum atomic E-state index is 13.5. The summed E-state index contributed by atoms with van der Waals surface area (Å²) in [6, 6.07) is 27.9. The monoisotopic (exact) mass is 2070 g/mol. The number of rotatable bonds is 25. The summed E-state index contributed by atoms with van der Waals surface area (Å²) >= 11 is 14.7. The van der Waals surface area contributed by atoms with Crippen LogP contribution >= 0.6 is 45.9 Å². The topological polar surface area (TPSA) is 324 Å². The smallest absolute Gasteiger partial charge is 0.416 e. The van der Waals surface area contributed by atoms with Crippen LogP contribution in [0.1, 0.15) is 210 Å². The second-order valence-electron chi connectivity index (χ2n) is 33.8. The van der Waals surface area contributed by atoms with Crippen molar-refractivity contribution in [1.29, 1.82) is 0 Å². The van der Waals surface area contributed by atoms with E-state index in [-0.39, 0.29) is 82.1 Å². The maximum absolute atomic E-state index is 13.5. The number of nitrogens with one attached hydrogen (secondary N) is 5. The molecule has 12 amide bonds. The zero-order chi connectivity index (χ0) is 106. The molecule has 0 radical (unpaired) electrons. The minimum absolute atomic E-state index is 0.0329. The number of nitrogens with two attached hydrogens (primary N) is 1. The van der Waals surface area contributed by atoms with Gasteiger partial charge < -0.3 is 46.5 Å². The average molecular weight is 2070 g/mol. The molecule has 0 aliphatic heterocycles. The molecule has 3 aromatic heterocycles. The van der Waals surface area contributed by atoms with E-state index in [1.165, 1.54) is 107 Å². The first-order valence-corrected chi connectivity index (χ1v) is 48.3. The van der Waals surface area contributed by atoms with Gasteiger partial charge in [0.2, 0.25) is 29.5 Å². The SMILES string of the molecule is C#CC(=O)N(C)C(C(=O)NC1CCCCC1)c1cccs1.C#CC(=O)N(C)CC(=O)NC1CCCCC1.C#CC(=O)N(CC(=O)NC1CCCCC1)c1cccc(C(F)(F)F)c1.C#CC(=O)N(c1ccc(Cl)c(Cl)c1)C(C(=O)NC1CCCC1)c1ccco1.C#CC(=O)N(c1cccc(C(F)(F)F)c1)C(C(=O)NC1CCCC1)c1ccc(F)cc1.C#CC(=O)N(c1cccc(C(F)(F)F)c1)C(C(N)=O)c1cccs1. The van der Waals surface area contributed by atoms with Crippen molar-refractivity contribution >= 4 is 140 Å². The van der Waals surface area contributed by atoms with Crippen LogP contribution in [-0.2, 0) is 76.1 Å². The molecular weight excluding hydrogens is 1960 g/mol. The van der Waals surface area contributed by atoms with Crippen LogP contribution in [-0.4, -0.2) is 138 Å². The summed E-state index contributed by atoms with van der Waals surface area (Å²) in [5.41, 5.74) is 2.67. The van der Waals surface area contributed by atoms with E-state index in [4.69, 9.17) is 71.9 Å². The van der Waals surface area contributed by atoms with Crippen molar-refractivity contribution in [3.05, 3.63) is 222 Å². The van der Waals surface area contributed by atoms with Crippen molar-refractivity contribution in [2.75, 3.05) is 46.8 Å². The molecule has 3 heterocycles. The highest BCUT2D eigenvalue weighted by Gasteiger charge is 2.42. The molecule has 8 aromatic rings. The second-order valence-corrected chi connectivity index (χ2v) is 36.6. The minimum Gasteiger partial charge on any atom is -0.467 e. The Morgan fingerprint density at radius 1 is 0.389 bits per heavy atom. The Bertz CT molecular complexity index is 6000. The summed E-state index contributed by atoms with van der Waals surface area (Å²) in [6.45, 7) is -0.375. The Hall–Kier alpha value is -14.3. The normalized spacial score (nSPS) is 15.1. The van der Waals surface area contributed by atoms with Gasteiger partial charge in [0, 0.05) is 76.8 Å². The van der Waals surface area contributed by atoms with E-state index in [1.54, 1.807) is 48.8 Å². The first-order chi connectivity index (χ1) is 68.5. The Balaban J connectivity index is 0.000000213. The van der Waals surface area contributed by atoms with E-state index >= 15 is 0 Å². The van der Waals surface area contributed by atoms with E-state index in [0.717, 1.165) is 214 Å². The highest BCUT2D eigenvalue weighted by Crippen LogP contribution is 2.41. The molecule has 4 atom stereocenters. The number of alkyl halides is 9. The fraction of sp³-hybridized carbons (Fsp3) is 0.371. The lowest BCUT2D eigenvalue weighted by atomic mass is 9.95. The number of benzene rings is 5. The van der Waals surface area contributed by atoms with Crippen LogP contribution in [0.25, 0.3) is 0 Å². The van der Waals surface area contributed by atoms with E-state index in [1.807, 2.05) is 41.2 Å². The summed E-state index contributed by atoms with van der Waals surface area (Å²) in [5, 5.41) is 18.8. The van der Waals surface area contributed by atoms with Crippen LogP contribution < -0.4 is 51.9 Å². The van der Waals surface area contributed by atoms with Crippen LogP contribution in [0.2, 0.25) is 10.0 Å². The molecule has 144 heavy (non-hydrogen) atoms. The predicted octanol–water partition coefficient (Wildman–Crippen LogP) is 17.9. The van der Waals surface area contributed by atoms with Crippen molar-refractivity contribution < 1.29 is 106 Å². The molecule has 39 heteroatoms. The fourth-order valence-corrected chi connectivity index (χ4v) is 18.5.